The van der Waals surface area contributed by atoms with Gasteiger partial charge in [0.15, 0.2) is 0 Å². The molecule has 2 aromatic heterocycles. The Morgan fingerprint density at radius 3 is 2.21 bits per heavy atom. The Hall–Kier alpha value is -3.82. The fourth-order valence-corrected chi connectivity index (χ4v) is 8.01. The van der Waals surface area contributed by atoms with Crippen LogP contribution in [-0.4, -0.2) is 46.5 Å². The van der Waals surface area contributed by atoms with E-state index in [-0.39, 0.29) is 42.8 Å². The molecule has 0 amide bonds. The van der Waals surface area contributed by atoms with E-state index in [0.717, 1.165) is 36.0 Å². The second kappa shape index (κ2) is 10.4. The summed E-state index contributed by atoms with van der Waals surface area (Å²) in [7, 11) is -8.37. The fourth-order valence-electron chi connectivity index (χ4n) is 3.87. The molecule has 2 heterocycles. The van der Waals surface area contributed by atoms with Crippen LogP contribution in [0.1, 0.15) is 16.6 Å². The highest BCUT2D eigenvalue weighted by atomic mass is 32.3. The Bertz CT molecular complexity index is 1840. The van der Waals surface area contributed by atoms with Gasteiger partial charge in [-0.05, 0) is 49.4 Å². The molecule has 0 unspecified atom stereocenters. The van der Waals surface area contributed by atoms with Crippen molar-refractivity contribution in [1.82, 2.24) is 4.57 Å². The number of hydrogen-bond acceptors (Lipinski definition) is 9. The van der Waals surface area contributed by atoms with Gasteiger partial charge in [-0.3, -0.25) is 9.36 Å². The maximum absolute atomic E-state index is 14.4. The van der Waals surface area contributed by atoms with Gasteiger partial charge in [0.25, 0.3) is 5.56 Å². The lowest BCUT2D eigenvalue weighted by Gasteiger charge is -2.20. The maximum atomic E-state index is 14.4. The summed E-state index contributed by atoms with van der Waals surface area (Å²) < 4.78 is 82.9. The molecule has 0 spiro atoms. The minimum absolute atomic E-state index is 0.0203. The van der Waals surface area contributed by atoms with E-state index in [1.54, 1.807) is 6.92 Å². The van der Waals surface area contributed by atoms with Crippen molar-refractivity contribution in [3.8, 4) is 5.69 Å². The van der Waals surface area contributed by atoms with Crippen LogP contribution < -0.4 is 14.6 Å². The van der Waals surface area contributed by atoms with Gasteiger partial charge >= 0.3 is 5.97 Å². The van der Waals surface area contributed by atoms with Crippen LogP contribution in [0.3, 0.4) is 0 Å². The number of pyridine rings is 1. The molecule has 0 aliphatic carbocycles. The highest BCUT2D eigenvalue weighted by molar-refractivity contribution is 8.09. The molecule has 4 aromatic rings. The number of aromatic nitrogens is 1. The molecule has 206 valence electrons. The first-order valence-corrected chi connectivity index (χ1v) is 15.6. The number of nitrogens with one attached hydrogen (secondary N) is 1. The molecular formula is C24H21F2N3O7S3. The van der Waals surface area contributed by atoms with E-state index < -0.39 is 43.2 Å². The Morgan fingerprint density at radius 1 is 1.00 bits per heavy atom. The van der Waals surface area contributed by atoms with Gasteiger partial charge in [0.2, 0.25) is 20.0 Å². The summed E-state index contributed by atoms with van der Waals surface area (Å²) in [6.45, 7) is 1.65. The summed E-state index contributed by atoms with van der Waals surface area (Å²) >= 11 is 0.882. The number of rotatable bonds is 8. The van der Waals surface area contributed by atoms with Gasteiger partial charge in [-0.15, -0.1) is 11.3 Å². The molecular weight excluding hydrogens is 576 g/mol. The Balaban J connectivity index is 1.91. The second-order valence-corrected chi connectivity index (χ2v) is 13.1. The van der Waals surface area contributed by atoms with Gasteiger partial charge < -0.3 is 10.1 Å². The zero-order chi connectivity index (χ0) is 28.7. The van der Waals surface area contributed by atoms with Crippen molar-refractivity contribution >= 4 is 64.6 Å². The first kappa shape index (κ1) is 28.2. The van der Waals surface area contributed by atoms with Crippen LogP contribution in [0.4, 0.5) is 25.8 Å². The third kappa shape index (κ3) is 5.65. The van der Waals surface area contributed by atoms with Crippen LogP contribution >= 0.6 is 11.3 Å². The Kier molecular flexibility index (Phi) is 7.51. The van der Waals surface area contributed by atoms with E-state index in [1.807, 2.05) is 0 Å². The van der Waals surface area contributed by atoms with Crippen LogP contribution in [0, 0.1) is 11.6 Å². The fraction of sp³-hybridized carbons (Fsp3) is 0.167. The number of carbonyl (C=O) groups excluding carboxylic acids is 1. The van der Waals surface area contributed by atoms with Gasteiger partial charge in [-0.1, -0.05) is 0 Å². The maximum Gasteiger partial charge on any atom is 0.350 e. The van der Waals surface area contributed by atoms with Gasteiger partial charge in [0, 0.05) is 17.5 Å². The molecule has 1 N–H and O–H groups in total. The molecule has 2 aromatic carbocycles. The van der Waals surface area contributed by atoms with E-state index in [2.05, 4.69) is 5.32 Å². The zero-order valence-corrected chi connectivity index (χ0v) is 23.1. The third-order valence-corrected chi connectivity index (χ3v) is 9.74. The molecule has 0 bridgehead atoms. The third-order valence-electron chi connectivity index (χ3n) is 5.31. The number of sulfonamides is 2. The second-order valence-electron chi connectivity index (χ2n) is 8.24. The SMILES string of the molecule is CCOC(=O)c1sc2c(ccc(=O)n2-c2ccc(N(S(C)(=O)=O)S(C)(=O)=O)cc2)c1Nc1ccc(F)cc1F. The van der Waals surface area contributed by atoms with Crippen LogP contribution in [-0.2, 0) is 24.8 Å². The van der Waals surface area contributed by atoms with E-state index in [4.69, 9.17) is 4.74 Å². The van der Waals surface area contributed by atoms with Crippen molar-refractivity contribution < 1.29 is 35.1 Å². The highest BCUT2D eigenvalue weighted by Crippen LogP contribution is 2.39. The van der Waals surface area contributed by atoms with Crippen molar-refractivity contribution in [1.29, 1.82) is 0 Å². The minimum Gasteiger partial charge on any atom is -0.462 e. The van der Waals surface area contributed by atoms with Crippen molar-refractivity contribution in [3.63, 3.8) is 0 Å². The largest absolute Gasteiger partial charge is 0.462 e. The molecule has 4 rings (SSSR count). The van der Waals surface area contributed by atoms with Crippen molar-refractivity contribution in [3.05, 3.63) is 81.5 Å². The summed E-state index contributed by atoms with van der Waals surface area (Å²) in [4.78, 5) is 26.0. The molecule has 39 heavy (non-hydrogen) atoms. The normalized spacial score (nSPS) is 11.9. The van der Waals surface area contributed by atoms with Gasteiger partial charge in [0.1, 0.15) is 21.3 Å². The molecule has 0 aliphatic heterocycles. The van der Waals surface area contributed by atoms with E-state index in [9.17, 15) is 35.2 Å². The molecule has 0 saturated carbocycles. The van der Waals surface area contributed by atoms with E-state index in [0.29, 0.717) is 11.5 Å². The summed E-state index contributed by atoms with van der Waals surface area (Å²) in [5, 5.41) is 3.14. The molecule has 0 saturated heterocycles. The Labute approximate surface area is 226 Å². The summed E-state index contributed by atoms with van der Waals surface area (Å²) in [6.07, 6.45) is 1.49. The standard InChI is InChI=1S/C24H21F2N3O7S3/c1-4-36-24(31)22-21(27-19-11-5-14(25)13-18(19)26)17-10-12-20(30)28(23(17)37-22)15-6-8-16(9-7-15)29(38(2,32)33)39(3,34)35/h5-13,27H,4H2,1-3H3. The molecule has 0 atom stereocenters. The van der Waals surface area contributed by atoms with Gasteiger partial charge in [-0.25, -0.2) is 30.4 Å². The first-order chi connectivity index (χ1) is 18.2. The topological polar surface area (TPSA) is 132 Å². The molecule has 0 fully saturated rings. The number of hydrogen-bond donors (Lipinski definition) is 1. The van der Waals surface area contributed by atoms with Gasteiger partial charge in [-0.2, -0.15) is 3.71 Å². The molecule has 15 heteroatoms. The predicted octanol–water partition coefficient (Wildman–Crippen LogP) is 3.98. The van der Waals surface area contributed by atoms with Crippen LogP contribution in [0.25, 0.3) is 15.9 Å². The molecule has 10 nitrogen and oxygen atoms in total. The summed E-state index contributed by atoms with van der Waals surface area (Å²) in [5.74, 6) is -2.44. The number of nitrogens with zero attached hydrogens (tertiary/aromatic N) is 2. The number of halogens is 2. The molecule has 0 radical (unpaired) electrons. The van der Waals surface area contributed by atoms with Crippen molar-refractivity contribution in [2.75, 3.05) is 28.1 Å². The van der Waals surface area contributed by atoms with E-state index in [1.165, 1.54) is 41.0 Å². The van der Waals surface area contributed by atoms with Crippen molar-refractivity contribution in [2.45, 2.75) is 6.92 Å². The van der Waals surface area contributed by atoms with Crippen LogP contribution in [0.2, 0.25) is 0 Å². The number of fused-ring (bicyclic) bond motifs is 1. The van der Waals surface area contributed by atoms with E-state index >= 15 is 0 Å². The average Bonchev–Trinajstić information content (AvgIpc) is 3.18. The zero-order valence-electron chi connectivity index (χ0n) is 20.6. The minimum atomic E-state index is -4.18. The number of benzene rings is 2. The predicted molar refractivity (Wildman–Crippen MR) is 145 cm³/mol. The monoisotopic (exact) mass is 597 g/mol. The first-order valence-electron chi connectivity index (χ1n) is 11.1. The number of carbonyl (C=O) groups is 1. The molecule has 0 aliphatic rings. The van der Waals surface area contributed by atoms with Crippen LogP contribution in [0.15, 0.2) is 59.4 Å². The number of ether oxygens (including phenoxy) is 1. The number of esters is 1. The number of thiophene rings is 1. The quantitative estimate of drug-likeness (QED) is 0.302. The number of anilines is 3. The lowest BCUT2D eigenvalue weighted by Crippen LogP contribution is -2.35. The smallest absolute Gasteiger partial charge is 0.350 e. The van der Waals surface area contributed by atoms with Gasteiger partial charge in [0.05, 0.1) is 41.9 Å². The van der Waals surface area contributed by atoms with Crippen molar-refractivity contribution in [2.24, 2.45) is 0 Å². The summed E-state index contributed by atoms with van der Waals surface area (Å²) in [5.41, 5.74) is -0.450. The summed E-state index contributed by atoms with van der Waals surface area (Å²) in [6, 6.07) is 10.6. The lowest BCUT2D eigenvalue weighted by molar-refractivity contribution is 0.0533. The average molecular weight is 598 g/mol. The highest BCUT2D eigenvalue weighted by Gasteiger charge is 2.28. The lowest BCUT2D eigenvalue weighted by atomic mass is 10.2. The van der Waals surface area contributed by atoms with Crippen LogP contribution in [0.5, 0.6) is 0 Å². The Morgan fingerprint density at radius 2 is 1.64 bits per heavy atom.